The van der Waals surface area contributed by atoms with Crippen LogP contribution in [0.25, 0.3) is 0 Å². The third-order valence-electron chi connectivity index (χ3n) is 4.20. The summed E-state index contributed by atoms with van der Waals surface area (Å²) in [6, 6.07) is 11.1. The van der Waals surface area contributed by atoms with Crippen LogP contribution >= 0.6 is 0 Å². The highest BCUT2D eigenvalue weighted by Crippen LogP contribution is 2.39. The van der Waals surface area contributed by atoms with Crippen molar-refractivity contribution in [3.05, 3.63) is 59.7 Å². The highest BCUT2D eigenvalue weighted by Gasteiger charge is 2.37. The van der Waals surface area contributed by atoms with E-state index >= 15 is 4.39 Å². The van der Waals surface area contributed by atoms with Crippen molar-refractivity contribution in [2.75, 3.05) is 23.7 Å². The lowest BCUT2D eigenvalue weighted by atomic mass is 9.86. The lowest BCUT2D eigenvalue weighted by Gasteiger charge is -2.38. The molecule has 1 heterocycles. The van der Waals surface area contributed by atoms with Crippen molar-refractivity contribution in [1.82, 2.24) is 0 Å². The summed E-state index contributed by atoms with van der Waals surface area (Å²) in [4.78, 5) is 1.55. The van der Waals surface area contributed by atoms with Gasteiger partial charge in [-0.2, -0.15) is 0 Å². The van der Waals surface area contributed by atoms with Crippen molar-refractivity contribution in [1.29, 1.82) is 0 Å². The quantitative estimate of drug-likeness (QED) is 0.849. The largest absolute Gasteiger partial charge is 0.399 e. The van der Waals surface area contributed by atoms with Crippen LogP contribution in [0, 0.1) is 11.6 Å². The first-order valence-electron chi connectivity index (χ1n) is 7.23. The molecule has 1 aliphatic heterocycles. The van der Waals surface area contributed by atoms with Crippen LogP contribution in [0.15, 0.2) is 42.5 Å². The van der Waals surface area contributed by atoms with Gasteiger partial charge in [0, 0.05) is 31.6 Å². The molecule has 0 aromatic heterocycles. The van der Waals surface area contributed by atoms with Gasteiger partial charge in [0.15, 0.2) is 11.6 Å². The van der Waals surface area contributed by atoms with Gasteiger partial charge >= 0.3 is 0 Å². The van der Waals surface area contributed by atoms with Crippen LogP contribution < -0.4 is 10.6 Å². The lowest BCUT2D eigenvalue weighted by molar-refractivity contribution is 0.124. The molecular formula is C17H17F3N2. The van der Waals surface area contributed by atoms with Gasteiger partial charge in [-0.15, -0.1) is 0 Å². The van der Waals surface area contributed by atoms with E-state index in [1.54, 1.807) is 29.2 Å². The number of anilines is 2. The van der Waals surface area contributed by atoms with Crippen molar-refractivity contribution in [2.24, 2.45) is 0 Å². The summed E-state index contributed by atoms with van der Waals surface area (Å²) < 4.78 is 42.9. The Kier molecular flexibility index (Phi) is 3.72. The van der Waals surface area contributed by atoms with Crippen LogP contribution in [0.4, 0.5) is 24.5 Å². The Labute approximate surface area is 127 Å². The Morgan fingerprint density at radius 3 is 2.05 bits per heavy atom. The summed E-state index contributed by atoms with van der Waals surface area (Å²) in [5.74, 6) is -1.41. The molecule has 1 fully saturated rings. The molecule has 1 aliphatic rings. The maximum atomic E-state index is 15.0. The minimum absolute atomic E-state index is 0.0416. The Morgan fingerprint density at radius 2 is 1.50 bits per heavy atom. The average Bonchev–Trinajstić information content (AvgIpc) is 2.49. The molecule has 3 rings (SSSR count). The number of alkyl halides is 1. The SMILES string of the molecule is Nc1cc(F)c(N2CCC(F)(c3ccccc3)CC2)c(F)c1. The Hall–Kier alpha value is -2.17. The predicted octanol–water partition coefficient (Wildman–Crippen LogP) is 4.01. The summed E-state index contributed by atoms with van der Waals surface area (Å²) in [7, 11) is 0. The van der Waals surface area contributed by atoms with Gasteiger partial charge in [-0.1, -0.05) is 30.3 Å². The molecule has 2 N–H and O–H groups in total. The highest BCUT2D eigenvalue weighted by molar-refractivity contribution is 5.56. The maximum Gasteiger partial charge on any atom is 0.151 e. The number of benzene rings is 2. The number of nitrogens with zero attached hydrogens (tertiary/aromatic N) is 1. The van der Waals surface area contributed by atoms with Crippen LogP contribution in [0.3, 0.4) is 0 Å². The fourth-order valence-corrected chi connectivity index (χ4v) is 3.00. The smallest absolute Gasteiger partial charge is 0.151 e. The van der Waals surface area contributed by atoms with Crippen LogP contribution in [0.2, 0.25) is 0 Å². The fraction of sp³-hybridized carbons (Fsp3) is 0.294. The first-order valence-corrected chi connectivity index (χ1v) is 7.23. The Morgan fingerprint density at radius 1 is 0.955 bits per heavy atom. The summed E-state index contributed by atoms with van der Waals surface area (Å²) in [5, 5.41) is 0. The second-order valence-corrected chi connectivity index (χ2v) is 5.65. The van der Waals surface area contributed by atoms with E-state index in [2.05, 4.69) is 0 Å². The summed E-state index contributed by atoms with van der Waals surface area (Å²) in [6.07, 6.45) is 0.389. The van der Waals surface area contributed by atoms with Crippen molar-refractivity contribution >= 4 is 11.4 Å². The summed E-state index contributed by atoms with van der Waals surface area (Å²) in [6.45, 7) is 0.506. The molecule has 1 saturated heterocycles. The average molecular weight is 306 g/mol. The van der Waals surface area contributed by atoms with E-state index in [1.807, 2.05) is 6.07 Å². The third kappa shape index (κ3) is 2.63. The van der Waals surface area contributed by atoms with E-state index in [9.17, 15) is 8.78 Å². The number of rotatable bonds is 2. The van der Waals surface area contributed by atoms with Gasteiger partial charge < -0.3 is 10.6 Å². The van der Waals surface area contributed by atoms with Gasteiger partial charge in [0.2, 0.25) is 0 Å². The highest BCUT2D eigenvalue weighted by atomic mass is 19.1. The normalized spacial score (nSPS) is 17.5. The van der Waals surface area contributed by atoms with E-state index in [-0.39, 0.29) is 37.3 Å². The molecule has 5 heteroatoms. The first kappa shape index (κ1) is 14.8. The molecule has 0 saturated carbocycles. The number of piperidine rings is 1. The minimum atomic E-state index is -1.45. The first-order chi connectivity index (χ1) is 10.5. The number of hydrogen-bond acceptors (Lipinski definition) is 2. The molecule has 0 bridgehead atoms. The van der Waals surface area contributed by atoms with Crippen LogP contribution in [-0.2, 0) is 5.67 Å². The number of hydrogen-bond donors (Lipinski definition) is 1. The predicted molar refractivity (Wildman–Crippen MR) is 81.4 cm³/mol. The van der Waals surface area contributed by atoms with Gasteiger partial charge in [-0.05, 0) is 17.7 Å². The van der Waals surface area contributed by atoms with E-state index < -0.39 is 17.3 Å². The molecule has 116 valence electrons. The van der Waals surface area contributed by atoms with E-state index in [0.717, 1.165) is 12.1 Å². The molecular weight excluding hydrogens is 289 g/mol. The zero-order chi connectivity index (χ0) is 15.7. The fourth-order valence-electron chi connectivity index (χ4n) is 3.00. The second-order valence-electron chi connectivity index (χ2n) is 5.65. The molecule has 2 aromatic carbocycles. The lowest BCUT2D eigenvalue weighted by Crippen LogP contribution is -2.41. The third-order valence-corrected chi connectivity index (χ3v) is 4.20. The van der Waals surface area contributed by atoms with Gasteiger partial charge in [-0.3, -0.25) is 0 Å². The van der Waals surface area contributed by atoms with Crippen LogP contribution in [0.5, 0.6) is 0 Å². The van der Waals surface area contributed by atoms with Gasteiger partial charge in [0.05, 0.1) is 0 Å². The Bertz CT molecular complexity index is 642. The van der Waals surface area contributed by atoms with Crippen LogP contribution in [0.1, 0.15) is 18.4 Å². The van der Waals surface area contributed by atoms with Crippen molar-refractivity contribution < 1.29 is 13.2 Å². The summed E-state index contributed by atoms with van der Waals surface area (Å²) >= 11 is 0. The van der Waals surface area contributed by atoms with Crippen molar-refractivity contribution in [2.45, 2.75) is 18.5 Å². The zero-order valence-corrected chi connectivity index (χ0v) is 12.0. The van der Waals surface area contributed by atoms with Gasteiger partial charge in [0.25, 0.3) is 0 Å². The number of halogens is 3. The Balaban J connectivity index is 1.80. The van der Waals surface area contributed by atoms with Crippen molar-refractivity contribution in [3.8, 4) is 0 Å². The molecule has 0 aliphatic carbocycles. The topological polar surface area (TPSA) is 29.3 Å². The van der Waals surface area contributed by atoms with E-state index in [1.165, 1.54) is 0 Å². The molecule has 2 nitrogen and oxygen atoms in total. The van der Waals surface area contributed by atoms with Crippen molar-refractivity contribution in [3.63, 3.8) is 0 Å². The second kappa shape index (κ2) is 5.55. The van der Waals surface area contributed by atoms with Gasteiger partial charge in [-0.25, -0.2) is 13.2 Å². The van der Waals surface area contributed by atoms with E-state index in [0.29, 0.717) is 5.56 Å². The zero-order valence-electron chi connectivity index (χ0n) is 12.0. The van der Waals surface area contributed by atoms with Gasteiger partial charge in [0.1, 0.15) is 11.4 Å². The monoisotopic (exact) mass is 306 g/mol. The maximum absolute atomic E-state index is 15.0. The van der Waals surface area contributed by atoms with E-state index in [4.69, 9.17) is 5.73 Å². The number of nitrogens with two attached hydrogens (primary N) is 1. The molecule has 0 unspecified atom stereocenters. The molecule has 0 amide bonds. The van der Waals surface area contributed by atoms with Crippen LogP contribution in [-0.4, -0.2) is 13.1 Å². The molecule has 2 aromatic rings. The standard InChI is InChI=1S/C17H17F3N2/c18-14-10-13(21)11-15(19)16(14)22-8-6-17(20,7-9-22)12-4-2-1-3-5-12/h1-5,10-11H,6-9,21H2. The number of nitrogen functional groups attached to an aromatic ring is 1. The molecule has 0 atom stereocenters. The molecule has 0 radical (unpaired) electrons. The minimum Gasteiger partial charge on any atom is -0.399 e. The summed E-state index contributed by atoms with van der Waals surface area (Å²) in [5.41, 5.74) is 4.51. The molecule has 22 heavy (non-hydrogen) atoms. The molecule has 0 spiro atoms.